The minimum Gasteiger partial charge on any atom is -0.467 e. The molecule has 0 bridgehead atoms. The predicted octanol–water partition coefficient (Wildman–Crippen LogP) is -1.93. The molecule has 0 amide bonds. The van der Waals surface area contributed by atoms with Gasteiger partial charge in [-0.2, -0.15) is 6.42 Å². The maximum Gasteiger partial charge on any atom is 1.00 e. The Balaban J connectivity index is 0.000000320. The normalized spacial score (nSPS) is 30.0. The molecule has 2 rings (SSSR count). The summed E-state index contributed by atoms with van der Waals surface area (Å²) in [7, 11) is 0. The second kappa shape index (κ2) is 2.68. The largest absolute Gasteiger partial charge is 1.00 e. The molecule has 0 unspecified atom stereocenters. The zero-order valence-electron chi connectivity index (χ0n) is 5.41. The zero-order chi connectivity index (χ0) is 4.74. The summed E-state index contributed by atoms with van der Waals surface area (Å²) in [6.45, 7) is 2.17. The van der Waals surface area contributed by atoms with Crippen LogP contribution in [-0.2, 0) is 0 Å². The van der Waals surface area contributed by atoms with E-state index in [1.54, 1.807) is 0 Å². The average molecular weight is 135 g/mol. The van der Waals surface area contributed by atoms with Crippen LogP contribution in [0.1, 0.15) is 25.7 Å². The van der Waals surface area contributed by atoms with Crippen LogP contribution in [0.3, 0.4) is 0 Å². The summed E-state index contributed by atoms with van der Waals surface area (Å²) in [5.74, 6) is 0. The van der Waals surface area contributed by atoms with Crippen LogP contribution in [0.2, 0.25) is 0 Å². The van der Waals surface area contributed by atoms with E-state index < -0.39 is 0 Å². The van der Waals surface area contributed by atoms with E-state index in [9.17, 15) is 0 Å². The molecule has 1 N–H and O–H groups in total. The van der Waals surface area contributed by atoms with Crippen LogP contribution in [0.15, 0.2) is 0 Å². The molecule has 2 fully saturated rings. The molecule has 40 valence electrons. The van der Waals surface area contributed by atoms with Gasteiger partial charge in [0, 0.05) is 0 Å². The van der Waals surface area contributed by atoms with Gasteiger partial charge in [0.15, 0.2) is 0 Å². The SMILES string of the molecule is [CH-]1CC2(CCC2)N1.[K+]. The monoisotopic (exact) mass is 135 g/mol. The Morgan fingerprint density at radius 3 is 2.00 bits per heavy atom. The van der Waals surface area contributed by atoms with Crippen molar-refractivity contribution in [1.82, 2.24) is 5.32 Å². The van der Waals surface area contributed by atoms with E-state index in [1.807, 2.05) is 0 Å². The molecule has 0 atom stereocenters. The summed E-state index contributed by atoms with van der Waals surface area (Å²) < 4.78 is 0. The third-order valence-corrected chi connectivity index (χ3v) is 2.21. The summed E-state index contributed by atoms with van der Waals surface area (Å²) in [5, 5.41) is 3.33. The van der Waals surface area contributed by atoms with E-state index in [2.05, 4.69) is 11.9 Å². The maximum absolute atomic E-state index is 3.33. The van der Waals surface area contributed by atoms with Crippen molar-refractivity contribution in [2.45, 2.75) is 31.2 Å². The second-order valence-corrected chi connectivity index (χ2v) is 2.69. The second-order valence-electron chi connectivity index (χ2n) is 2.69. The molecule has 1 nitrogen and oxygen atoms in total. The van der Waals surface area contributed by atoms with Gasteiger partial charge in [0.2, 0.25) is 0 Å². The molecule has 2 aliphatic rings. The fraction of sp³-hybridized carbons (Fsp3) is 0.833. The first-order chi connectivity index (χ1) is 3.41. The number of rotatable bonds is 0. The van der Waals surface area contributed by atoms with Crippen molar-refractivity contribution < 1.29 is 51.4 Å². The fourth-order valence-corrected chi connectivity index (χ4v) is 1.34. The third kappa shape index (κ3) is 1.07. The topological polar surface area (TPSA) is 12.0 Å². The fourth-order valence-electron chi connectivity index (χ4n) is 1.34. The van der Waals surface area contributed by atoms with Crippen LogP contribution in [0.25, 0.3) is 0 Å². The molecule has 0 aromatic rings. The van der Waals surface area contributed by atoms with E-state index in [4.69, 9.17) is 0 Å². The first kappa shape index (κ1) is 7.70. The smallest absolute Gasteiger partial charge is 0.467 e. The molecule has 1 saturated heterocycles. The van der Waals surface area contributed by atoms with Crippen molar-refractivity contribution in [3.63, 3.8) is 0 Å². The van der Waals surface area contributed by atoms with Gasteiger partial charge in [-0.3, -0.25) is 6.54 Å². The molecule has 8 heavy (non-hydrogen) atoms. The van der Waals surface area contributed by atoms with E-state index in [1.165, 1.54) is 25.7 Å². The van der Waals surface area contributed by atoms with Gasteiger partial charge in [-0.15, -0.1) is 0 Å². The summed E-state index contributed by atoms with van der Waals surface area (Å²) in [5.41, 5.74) is 0.639. The van der Waals surface area contributed by atoms with Crippen LogP contribution in [-0.4, -0.2) is 5.54 Å². The van der Waals surface area contributed by atoms with Gasteiger partial charge in [0.25, 0.3) is 0 Å². The van der Waals surface area contributed by atoms with Crippen LogP contribution in [0.5, 0.6) is 0 Å². The first-order valence-corrected chi connectivity index (χ1v) is 3.01. The summed E-state index contributed by atoms with van der Waals surface area (Å²) >= 11 is 0. The van der Waals surface area contributed by atoms with Gasteiger partial charge >= 0.3 is 51.4 Å². The van der Waals surface area contributed by atoms with Gasteiger partial charge in [-0.05, 0) is 18.4 Å². The third-order valence-electron chi connectivity index (χ3n) is 2.21. The van der Waals surface area contributed by atoms with Crippen molar-refractivity contribution in [3.8, 4) is 0 Å². The summed E-state index contributed by atoms with van der Waals surface area (Å²) in [6.07, 6.45) is 5.61. The molecule has 0 radical (unpaired) electrons. The molecule has 0 aromatic carbocycles. The van der Waals surface area contributed by atoms with Crippen LogP contribution < -0.4 is 56.7 Å². The Morgan fingerprint density at radius 2 is 2.00 bits per heavy atom. The maximum atomic E-state index is 3.33. The quantitative estimate of drug-likeness (QED) is 0.301. The van der Waals surface area contributed by atoms with Crippen molar-refractivity contribution in [1.29, 1.82) is 0 Å². The van der Waals surface area contributed by atoms with Crippen molar-refractivity contribution >= 4 is 0 Å². The molecular weight excluding hydrogens is 125 g/mol. The van der Waals surface area contributed by atoms with Crippen LogP contribution in [0.4, 0.5) is 0 Å². The van der Waals surface area contributed by atoms with Gasteiger partial charge in [-0.25, -0.2) is 0 Å². The van der Waals surface area contributed by atoms with Gasteiger partial charge in [-0.1, -0.05) is 6.42 Å². The molecule has 1 aliphatic carbocycles. The molecule has 1 saturated carbocycles. The molecule has 1 aliphatic heterocycles. The number of nitrogens with one attached hydrogen (secondary N) is 1. The van der Waals surface area contributed by atoms with Crippen molar-refractivity contribution in [2.75, 3.05) is 0 Å². The van der Waals surface area contributed by atoms with Crippen molar-refractivity contribution in [3.05, 3.63) is 6.54 Å². The first-order valence-electron chi connectivity index (χ1n) is 3.01. The molecule has 1 heterocycles. The number of hydrogen-bond donors (Lipinski definition) is 1. The summed E-state index contributed by atoms with van der Waals surface area (Å²) in [6, 6.07) is 0. The molecule has 1 spiro atoms. The Labute approximate surface area is 93.0 Å². The van der Waals surface area contributed by atoms with E-state index >= 15 is 0 Å². The van der Waals surface area contributed by atoms with Gasteiger partial charge in [0.05, 0.1) is 0 Å². The number of hydrogen-bond acceptors (Lipinski definition) is 1. The Morgan fingerprint density at radius 1 is 1.38 bits per heavy atom. The minimum absolute atomic E-state index is 0. The van der Waals surface area contributed by atoms with E-state index in [-0.39, 0.29) is 51.4 Å². The Kier molecular flexibility index (Phi) is 2.58. The van der Waals surface area contributed by atoms with Crippen LogP contribution in [0, 0.1) is 6.54 Å². The van der Waals surface area contributed by atoms with E-state index in [0.717, 1.165) is 0 Å². The standard InChI is InChI=1S/C6H10N.K/c1-2-6(3-1)4-5-7-6;/h5,7H,1-4H2;/q-1;+1. The van der Waals surface area contributed by atoms with Gasteiger partial charge < -0.3 is 5.32 Å². The van der Waals surface area contributed by atoms with Crippen LogP contribution >= 0.6 is 0 Å². The predicted molar refractivity (Wildman–Crippen MR) is 28.6 cm³/mol. The van der Waals surface area contributed by atoms with Crippen molar-refractivity contribution in [2.24, 2.45) is 0 Å². The van der Waals surface area contributed by atoms with E-state index in [0.29, 0.717) is 5.54 Å². The molecule has 2 heteroatoms. The molecule has 0 aromatic heterocycles. The summed E-state index contributed by atoms with van der Waals surface area (Å²) in [4.78, 5) is 0. The molecular formula is C6H10KN. The average Bonchev–Trinajstić information content (AvgIpc) is 1.20. The Bertz CT molecular complexity index is 69.0. The minimum atomic E-state index is 0. The zero-order valence-corrected chi connectivity index (χ0v) is 8.53. The Hall–Kier alpha value is 1.60. The van der Waals surface area contributed by atoms with Gasteiger partial charge in [0.1, 0.15) is 0 Å².